The van der Waals surface area contributed by atoms with Crippen molar-refractivity contribution >= 4 is 24.0 Å². The Labute approximate surface area is 441 Å². The molecule has 0 fully saturated rings. The Bertz CT molecular complexity index is 2190. The molecule has 0 aliphatic carbocycles. The Morgan fingerprint density at radius 2 is 0.761 bits per heavy atom. The van der Waals surface area contributed by atoms with Crippen LogP contribution in [0, 0.1) is 34.5 Å². The summed E-state index contributed by atoms with van der Waals surface area (Å²) in [5.41, 5.74) is 5.39. The van der Waals surface area contributed by atoms with Gasteiger partial charge in [-0.3, -0.25) is 29.5 Å². The van der Waals surface area contributed by atoms with Crippen molar-refractivity contribution in [2.75, 3.05) is 13.1 Å². The summed E-state index contributed by atoms with van der Waals surface area (Å²) in [6, 6.07) is 44.0. The Balaban J connectivity index is 0.000000937. The van der Waals surface area contributed by atoms with E-state index < -0.39 is 24.3 Å². The fraction of sp³-hybridized carbons (Fsp3) is 0.269. The molecular weight excluding hydrogens is 1030 g/mol. The maximum absolute atomic E-state index is 11.9. The van der Waals surface area contributed by atoms with Crippen molar-refractivity contribution in [3.05, 3.63) is 169 Å². The van der Waals surface area contributed by atoms with E-state index in [-0.39, 0.29) is 94.2 Å². The first-order chi connectivity index (χ1) is 33.0. The molecule has 6 aromatic rings. The van der Waals surface area contributed by atoms with Gasteiger partial charge in [-0.1, -0.05) is 113 Å². The van der Waals surface area contributed by atoms with Crippen molar-refractivity contribution < 1.29 is 72.9 Å². The van der Waals surface area contributed by atoms with Gasteiger partial charge in [-0.2, -0.15) is 10.5 Å². The van der Waals surface area contributed by atoms with Crippen LogP contribution in [0.1, 0.15) is 51.7 Å². The van der Waals surface area contributed by atoms with Crippen LogP contribution in [0.4, 0.5) is 9.59 Å². The second kappa shape index (κ2) is 38.5. The van der Waals surface area contributed by atoms with Crippen molar-refractivity contribution in [2.45, 2.75) is 65.8 Å². The molecule has 0 saturated heterocycles. The Morgan fingerprint density at radius 3 is 1.00 bits per heavy atom. The first-order valence-corrected chi connectivity index (χ1v) is 21.9. The maximum Gasteiger partial charge on any atom is 2.00 e. The second-order valence-corrected chi connectivity index (χ2v) is 15.4. The SMILES string of the molecule is CC(C)C[C@H](NC(=O)OCc1ccccc1)C(=O)NCC#N.CC(C)C[C@H](NC(=O)OCc1ccccc1)C(=O)NCC#N.[Cl-].[Cl-].[Ru+2].c1ccc(-c2ccccn2)nc1.c1ccc(-c2ccccn2)nc1. The molecule has 2 aromatic carbocycles. The number of hydrogen-bond donors (Lipinski definition) is 4. The van der Waals surface area contributed by atoms with E-state index in [1.54, 1.807) is 24.8 Å². The van der Waals surface area contributed by atoms with E-state index in [0.29, 0.717) is 12.8 Å². The third-order valence-electron chi connectivity index (χ3n) is 8.92. The molecule has 6 rings (SSSR count). The van der Waals surface area contributed by atoms with Crippen molar-refractivity contribution in [1.29, 1.82) is 10.5 Å². The minimum atomic E-state index is -0.711. The standard InChI is InChI=1S/2C16H21N3O3.2C10H8N2.2ClH.Ru/c2*1-12(2)10-14(15(20)18-9-8-17)19-16(21)22-11-13-6-4-3-5-7-13;2*1-3-7-11-9(5-1)10-6-2-4-8-12-10;;;/h2*3-7,12,14H,9-11H2,1-2H3,(H,18,20)(H,19,21);2*1-8H;2*1H;/q;;;;;;+2/p-2/t2*14-;;;;;/m00...../s1. The average Bonchev–Trinajstić information content (AvgIpc) is 3.37. The zero-order valence-electron chi connectivity index (χ0n) is 39.8. The molecule has 0 unspecified atom stereocenters. The zero-order valence-corrected chi connectivity index (χ0v) is 43.1. The van der Waals surface area contributed by atoms with Gasteiger partial charge in [0.05, 0.1) is 34.9 Å². The van der Waals surface area contributed by atoms with Crippen molar-refractivity contribution in [3.8, 4) is 34.9 Å². The van der Waals surface area contributed by atoms with Gasteiger partial charge in [0.1, 0.15) is 38.4 Å². The van der Waals surface area contributed by atoms with E-state index >= 15 is 0 Å². The first-order valence-electron chi connectivity index (χ1n) is 21.9. The Hall–Kier alpha value is -7.30. The van der Waals surface area contributed by atoms with Crippen LogP contribution in [0.25, 0.3) is 22.8 Å². The Morgan fingerprint density at radius 1 is 0.479 bits per heavy atom. The predicted octanol–water partition coefficient (Wildman–Crippen LogP) is 2.23. The van der Waals surface area contributed by atoms with Gasteiger partial charge in [0, 0.05) is 24.8 Å². The molecule has 2 atom stereocenters. The number of carbonyl (C=O) groups is 4. The van der Waals surface area contributed by atoms with Gasteiger partial charge in [0.25, 0.3) is 0 Å². The number of ether oxygens (including phenoxy) is 2. The minimum absolute atomic E-state index is 0. The third-order valence-corrected chi connectivity index (χ3v) is 8.92. The molecular formula is C52H58Cl2N10O6Ru. The maximum atomic E-state index is 11.9. The largest absolute Gasteiger partial charge is 2.00 e. The van der Waals surface area contributed by atoms with Gasteiger partial charge >= 0.3 is 31.7 Å². The number of pyridine rings is 4. The quantitative estimate of drug-likeness (QED) is 0.0808. The molecule has 4 N–H and O–H groups in total. The molecule has 0 saturated carbocycles. The number of nitrogens with zero attached hydrogens (tertiary/aromatic N) is 6. The fourth-order valence-corrected chi connectivity index (χ4v) is 5.78. The molecule has 374 valence electrons. The van der Waals surface area contributed by atoms with Crippen LogP contribution in [0.15, 0.2) is 158 Å². The number of halogens is 2. The molecule has 0 spiro atoms. The summed E-state index contributed by atoms with van der Waals surface area (Å²) < 4.78 is 10.2. The second-order valence-electron chi connectivity index (χ2n) is 15.4. The summed E-state index contributed by atoms with van der Waals surface area (Å²) in [5, 5.41) is 27.0. The smallest absolute Gasteiger partial charge is 1.00 e. The summed E-state index contributed by atoms with van der Waals surface area (Å²) in [5.74, 6) is -0.335. The number of aromatic nitrogens is 4. The normalized spacial score (nSPS) is 10.3. The van der Waals surface area contributed by atoms with Crippen molar-refractivity contribution in [1.82, 2.24) is 41.2 Å². The van der Waals surface area contributed by atoms with Crippen LogP contribution in [-0.2, 0) is 51.8 Å². The van der Waals surface area contributed by atoms with Crippen LogP contribution in [0.2, 0.25) is 0 Å². The van der Waals surface area contributed by atoms with E-state index in [1.807, 2.05) is 173 Å². The molecule has 4 amide bonds. The van der Waals surface area contributed by atoms with Gasteiger partial charge in [-0.25, -0.2) is 9.59 Å². The van der Waals surface area contributed by atoms with Gasteiger partial charge in [0.2, 0.25) is 11.8 Å². The summed E-state index contributed by atoms with van der Waals surface area (Å²) in [6.07, 6.45) is 6.71. The molecule has 0 radical (unpaired) electrons. The summed E-state index contributed by atoms with van der Waals surface area (Å²) in [6.45, 7) is 7.89. The number of benzene rings is 2. The number of nitriles is 2. The Kier molecular flexibility index (Phi) is 34.6. The zero-order chi connectivity index (χ0) is 49.2. The molecule has 71 heavy (non-hydrogen) atoms. The van der Waals surface area contributed by atoms with Crippen LogP contribution in [0.5, 0.6) is 0 Å². The van der Waals surface area contributed by atoms with Crippen molar-refractivity contribution in [2.24, 2.45) is 11.8 Å². The topological polar surface area (TPSA) is 234 Å². The predicted molar refractivity (Wildman–Crippen MR) is 258 cm³/mol. The van der Waals surface area contributed by atoms with E-state index in [0.717, 1.165) is 33.9 Å². The number of nitrogens with one attached hydrogen (secondary N) is 4. The molecule has 0 aliphatic heterocycles. The molecule has 4 heterocycles. The van der Waals surface area contributed by atoms with Gasteiger partial charge in [-0.05, 0) is 84.3 Å². The van der Waals surface area contributed by atoms with Gasteiger partial charge < -0.3 is 55.6 Å². The summed E-state index contributed by atoms with van der Waals surface area (Å²) in [7, 11) is 0. The number of alkyl carbamates (subject to hydrolysis) is 2. The van der Waals surface area contributed by atoms with Gasteiger partial charge in [0.15, 0.2) is 0 Å². The first kappa shape index (κ1) is 63.7. The van der Waals surface area contributed by atoms with E-state index in [9.17, 15) is 19.2 Å². The fourth-order valence-electron chi connectivity index (χ4n) is 5.78. The average molecular weight is 1090 g/mol. The molecule has 16 nitrogen and oxygen atoms in total. The van der Waals surface area contributed by atoms with Crippen LogP contribution < -0.4 is 46.1 Å². The number of rotatable bonds is 16. The van der Waals surface area contributed by atoms with E-state index in [1.165, 1.54) is 0 Å². The summed E-state index contributed by atoms with van der Waals surface area (Å²) >= 11 is 0. The van der Waals surface area contributed by atoms with Crippen molar-refractivity contribution in [3.63, 3.8) is 0 Å². The number of amides is 4. The third kappa shape index (κ3) is 28.1. The van der Waals surface area contributed by atoms with Gasteiger partial charge in [-0.15, -0.1) is 0 Å². The molecule has 0 aliphatic rings. The molecule has 19 heteroatoms. The summed E-state index contributed by atoms with van der Waals surface area (Å²) in [4.78, 5) is 64.2. The van der Waals surface area contributed by atoms with E-state index in [4.69, 9.17) is 20.0 Å². The molecule has 4 aromatic heterocycles. The number of hydrogen-bond acceptors (Lipinski definition) is 12. The van der Waals surface area contributed by atoms with Crippen LogP contribution >= 0.6 is 0 Å². The van der Waals surface area contributed by atoms with E-state index in [2.05, 4.69) is 41.2 Å². The minimum Gasteiger partial charge on any atom is -1.00 e. The monoisotopic (exact) mass is 1090 g/mol. The van der Waals surface area contributed by atoms with Crippen LogP contribution in [0.3, 0.4) is 0 Å². The number of carbonyl (C=O) groups excluding carboxylic acids is 4. The van der Waals surface area contributed by atoms with Crippen LogP contribution in [-0.4, -0.2) is 69.1 Å². The molecule has 0 bridgehead atoms.